The number of sulfonamides is 1. The van der Waals surface area contributed by atoms with E-state index in [4.69, 9.17) is 5.73 Å². The number of nitrogens with zero attached hydrogens (tertiary/aromatic N) is 1. The minimum absolute atomic E-state index is 0.0185. The number of rotatable bonds is 6. The molecule has 0 amide bonds. The van der Waals surface area contributed by atoms with Crippen LogP contribution >= 0.6 is 23.1 Å². The number of hydrogen-bond donors (Lipinski definition) is 2. The molecule has 1 aromatic carbocycles. The van der Waals surface area contributed by atoms with Gasteiger partial charge in [0.25, 0.3) is 0 Å². The van der Waals surface area contributed by atoms with Crippen LogP contribution in [0, 0.1) is 6.92 Å². The molecular weight excluding hydrogens is 314 g/mol. The van der Waals surface area contributed by atoms with Gasteiger partial charge in [0.1, 0.15) is 0 Å². The Morgan fingerprint density at radius 1 is 1.40 bits per heavy atom. The maximum absolute atomic E-state index is 11.9. The van der Waals surface area contributed by atoms with Crippen LogP contribution in [0.1, 0.15) is 4.88 Å². The van der Waals surface area contributed by atoms with Gasteiger partial charge in [0.2, 0.25) is 10.0 Å². The first-order valence-corrected chi connectivity index (χ1v) is 9.32. The molecule has 0 saturated heterocycles. The maximum Gasteiger partial charge on any atom is 0.235 e. The number of nitrogens with one attached hydrogen (secondary N) is 1. The highest BCUT2D eigenvalue weighted by atomic mass is 32.2. The zero-order chi connectivity index (χ0) is 14.6. The second-order valence-corrected chi connectivity index (χ2v) is 8.30. The Morgan fingerprint density at radius 2 is 2.15 bits per heavy atom. The molecule has 0 saturated carbocycles. The lowest BCUT2D eigenvalue weighted by molar-refractivity contribution is 0.602. The van der Waals surface area contributed by atoms with Gasteiger partial charge in [-0.15, -0.1) is 23.1 Å². The first-order chi connectivity index (χ1) is 9.46. The Morgan fingerprint density at radius 3 is 2.80 bits per heavy atom. The summed E-state index contributed by atoms with van der Waals surface area (Å²) in [6, 6.07) is 7.41. The number of anilines is 2. The molecule has 0 unspecified atom stereocenters. The molecule has 2 aromatic rings. The van der Waals surface area contributed by atoms with E-state index in [-0.39, 0.29) is 5.75 Å². The van der Waals surface area contributed by atoms with Gasteiger partial charge in [-0.05, 0) is 19.1 Å². The van der Waals surface area contributed by atoms with E-state index in [0.29, 0.717) is 16.6 Å². The van der Waals surface area contributed by atoms with Crippen molar-refractivity contribution in [2.45, 2.75) is 11.8 Å². The molecule has 3 N–H and O–H groups in total. The fraction of sp³-hybridized carbons (Fsp3) is 0.250. The van der Waals surface area contributed by atoms with Crippen LogP contribution in [0.25, 0.3) is 0 Å². The van der Waals surface area contributed by atoms with Crippen molar-refractivity contribution in [1.29, 1.82) is 0 Å². The molecule has 0 fully saturated rings. The van der Waals surface area contributed by atoms with Crippen LogP contribution in [-0.2, 0) is 10.0 Å². The average Bonchev–Trinajstić information content (AvgIpc) is 2.76. The van der Waals surface area contributed by atoms with E-state index in [2.05, 4.69) is 9.71 Å². The second kappa shape index (κ2) is 6.47. The molecule has 1 aromatic heterocycles. The van der Waals surface area contributed by atoms with Crippen molar-refractivity contribution >= 4 is 43.9 Å². The van der Waals surface area contributed by atoms with Crippen LogP contribution in [0.5, 0.6) is 0 Å². The van der Waals surface area contributed by atoms with E-state index in [0.717, 1.165) is 9.77 Å². The van der Waals surface area contributed by atoms with Crippen molar-refractivity contribution in [3.63, 3.8) is 0 Å². The van der Waals surface area contributed by atoms with Crippen LogP contribution in [-0.4, -0.2) is 24.9 Å². The Bertz CT molecular complexity index is 683. The van der Waals surface area contributed by atoms with Crippen LogP contribution in [0.3, 0.4) is 0 Å². The largest absolute Gasteiger partial charge is 0.398 e. The minimum atomic E-state index is -3.37. The first-order valence-electron chi connectivity index (χ1n) is 5.86. The van der Waals surface area contributed by atoms with E-state index in [1.54, 1.807) is 12.3 Å². The van der Waals surface area contributed by atoms with Crippen molar-refractivity contribution in [1.82, 2.24) is 4.98 Å². The van der Waals surface area contributed by atoms with Gasteiger partial charge in [-0.2, -0.15) is 0 Å². The van der Waals surface area contributed by atoms with Crippen LogP contribution < -0.4 is 10.5 Å². The molecule has 0 aliphatic rings. The topological polar surface area (TPSA) is 85.1 Å². The summed E-state index contributed by atoms with van der Waals surface area (Å²) in [6.45, 7) is 1.88. The average molecular weight is 329 g/mol. The van der Waals surface area contributed by atoms with Crippen LogP contribution in [0.4, 0.5) is 10.8 Å². The molecule has 0 atom stereocenters. The highest BCUT2D eigenvalue weighted by Gasteiger charge is 2.13. The summed E-state index contributed by atoms with van der Waals surface area (Å²) in [6.07, 6.45) is 1.64. The van der Waals surface area contributed by atoms with E-state index in [1.165, 1.54) is 23.1 Å². The maximum atomic E-state index is 11.9. The third-order valence-corrected chi connectivity index (χ3v) is 5.95. The molecule has 5 nitrogen and oxygen atoms in total. The molecule has 0 radical (unpaired) electrons. The summed E-state index contributed by atoms with van der Waals surface area (Å²) in [5, 5.41) is 0.409. The lowest BCUT2D eigenvalue weighted by atomic mass is 10.3. The van der Waals surface area contributed by atoms with E-state index in [1.807, 2.05) is 25.1 Å². The van der Waals surface area contributed by atoms with E-state index >= 15 is 0 Å². The molecule has 8 heteroatoms. The Balaban J connectivity index is 1.88. The Labute approximate surface area is 126 Å². The summed E-state index contributed by atoms with van der Waals surface area (Å²) in [5.74, 6) is 0.457. The first kappa shape index (κ1) is 15.1. The normalized spacial score (nSPS) is 11.4. The number of hydrogen-bond acceptors (Lipinski definition) is 6. The molecule has 0 aliphatic carbocycles. The minimum Gasteiger partial charge on any atom is -0.398 e. The lowest BCUT2D eigenvalue weighted by Gasteiger charge is -2.06. The summed E-state index contributed by atoms with van der Waals surface area (Å²) in [5.41, 5.74) is 6.47. The number of nitrogen functional groups attached to an aromatic ring is 1. The monoisotopic (exact) mass is 329 g/mol. The zero-order valence-corrected chi connectivity index (χ0v) is 13.3. The third kappa shape index (κ3) is 4.39. The molecular formula is C12H15N3O2S3. The van der Waals surface area contributed by atoms with Gasteiger partial charge >= 0.3 is 0 Å². The van der Waals surface area contributed by atoms with E-state index in [9.17, 15) is 8.42 Å². The van der Waals surface area contributed by atoms with Crippen molar-refractivity contribution < 1.29 is 8.42 Å². The molecule has 2 rings (SSSR count). The number of nitrogens with two attached hydrogens (primary N) is 1. The Hall–Kier alpha value is -1.25. The summed E-state index contributed by atoms with van der Waals surface area (Å²) in [4.78, 5) is 5.85. The number of thiazole rings is 1. The number of thioether (sulfide) groups is 1. The predicted molar refractivity (Wildman–Crippen MR) is 85.8 cm³/mol. The summed E-state index contributed by atoms with van der Waals surface area (Å²) >= 11 is 2.75. The molecule has 0 spiro atoms. The molecule has 108 valence electrons. The van der Waals surface area contributed by atoms with Gasteiger partial charge in [0.15, 0.2) is 5.13 Å². The number of para-hydroxylation sites is 1. The Kier molecular flexibility index (Phi) is 4.90. The predicted octanol–water partition coefficient (Wildman–Crippen LogP) is 2.57. The van der Waals surface area contributed by atoms with Gasteiger partial charge in [0.05, 0.1) is 5.75 Å². The number of benzene rings is 1. The molecule has 0 aliphatic heterocycles. The van der Waals surface area contributed by atoms with Crippen molar-refractivity contribution in [2.24, 2.45) is 0 Å². The molecule has 1 heterocycles. The summed E-state index contributed by atoms with van der Waals surface area (Å²) < 4.78 is 26.3. The van der Waals surface area contributed by atoms with Gasteiger partial charge in [-0.1, -0.05) is 12.1 Å². The van der Waals surface area contributed by atoms with E-state index < -0.39 is 10.0 Å². The van der Waals surface area contributed by atoms with Gasteiger partial charge in [0, 0.05) is 27.4 Å². The standard InChI is InChI=1S/C12H15N3O2S3/c1-9-8-14-12(19-9)15-20(16,17)7-6-18-11-5-3-2-4-10(11)13/h2-5,8H,6-7,13H2,1H3,(H,14,15). The second-order valence-electron chi connectivity index (χ2n) is 4.08. The van der Waals surface area contributed by atoms with Crippen molar-refractivity contribution in [3.05, 3.63) is 35.3 Å². The summed E-state index contributed by atoms with van der Waals surface area (Å²) in [7, 11) is -3.37. The van der Waals surface area contributed by atoms with Crippen molar-refractivity contribution in [3.8, 4) is 0 Å². The number of aryl methyl sites for hydroxylation is 1. The smallest absolute Gasteiger partial charge is 0.235 e. The number of aromatic nitrogens is 1. The fourth-order valence-electron chi connectivity index (χ4n) is 1.46. The zero-order valence-electron chi connectivity index (χ0n) is 10.9. The molecule has 20 heavy (non-hydrogen) atoms. The van der Waals surface area contributed by atoms with Crippen molar-refractivity contribution in [2.75, 3.05) is 22.0 Å². The third-order valence-electron chi connectivity index (χ3n) is 2.39. The highest BCUT2D eigenvalue weighted by Crippen LogP contribution is 2.24. The quantitative estimate of drug-likeness (QED) is 0.628. The van der Waals surface area contributed by atoms with Gasteiger partial charge in [-0.25, -0.2) is 13.4 Å². The van der Waals surface area contributed by atoms with Crippen LogP contribution in [0.2, 0.25) is 0 Å². The van der Waals surface area contributed by atoms with Gasteiger partial charge < -0.3 is 5.73 Å². The lowest BCUT2D eigenvalue weighted by Crippen LogP contribution is -2.18. The SMILES string of the molecule is Cc1cnc(NS(=O)(=O)CCSc2ccccc2N)s1. The van der Waals surface area contributed by atoms with Crippen LogP contribution in [0.15, 0.2) is 35.4 Å². The highest BCUT2D eigenvalue weighted by molar-refractivity contribution is 8.01. The van der Waals surface area contributed by atoms with Gasteiger partial charge in [-0.3, -0.25) is 4.72 Å². The molecule has 0 bridgehead atoms. The fourth-order valence-corrected chi connectivity index (χ4v) is 4.78.